The highest BCUT2D eigenvalue weighted by atomic mass is 16.5. The largest absolute Gasteiger partial charge is 0.377 e. The molecule has 2 atom stereocenters. The second-order valence-electron chi connectivity index (χ2n) is 7.52. The van der Waals surface area contributed by atoms with E-state index >= 15 is 0 Å². The molecule has 6 nitrogen and oxygen atoms in total. The van der Waals surface area contributed by atoms with Crippen LogP contribution in [0, 0.1) is 5.41 Å². The number of likely N-dealkylation sites (N-methyl/N-ethyl adjacent to an activating group) is 1. The van der Waals surface area contributed by atoms with Gasteiger partial charge in [-0.15, -0.1) is 0 Å². The number of likely N-dealkylation sites (tertiary alicyclic amines) is 1. The summed E-state index contributed by atoms with van der Waals surface area (Å²) in [7, 11) is 3.87. The van der Waals surface area contributed by atoms with E-state index in [1.807, 2.05) is 36.0 Å². The fourth-order valence-corrected chi connectivity index (χ4v) is 3.94. The molecule has 0 aliphatic carbocycles. The molecule has 1 aromatic heterocycles. The molecule has 0 bridgehead atoms. The van der Waals surface area contributed by atoms with Gasteiger partial charge in [0.15, 0.2) is 0 Å². The van der Waals surface area contributed by atoms with Crippen LogP contribution in [0.25, 0.3) is 0 Å². The van der Waals surface area contributed by atoms with Crippen LogP contribution >= 0.6 is 0 Å². The highest BCUT2D eigenvalue weighted by molar-refractivity contribution is 5.78. The van der Waals surface area contributed by atoms with Gasteiger partial charge >= 0.3 is 0 Å². The molecule has 0 saturated carbocycles. The summed E-state index contributed by atoms with van der Waals surface area (Å²) in [6.45, 7) is 4.00. The molecule has 3 rings (SSSR count). The lowest BCUT2D eigenvalue weighted by Crippen LogP contribution is -2.58. The smallest absolute Gasteiger partial charge is 0.236 e. The minimum absolute atomic E-state index is 0.0779. The number of carbonyl (C=O) groups is 1. The zero-order valence-electron chi connectivity index (χ0n) is 15.3. The van der Waals surface area contributed by atoms with Crippen LogP contribution in [0.3, 0.4) is 0 Å². The second-order valence-corrected chi connectivity index (χ2v) is 7.52. The molecule has 2 aliphatic heterocycles. The zero-order chi connectivity index (χ0) is 17.7. The molecule has 0 radical (unpaired) electrons. The maximum absolute atomic E-state index is 12.5. The van der Waals surface area contributed by atoms with Crippen LogP contribution in [0.2, 0.25) is 0 Å². The first kappa shape index (κ1) is 18.3. The van der Waals surface area contributed by atoms with Gasteiger partial charge in [0.05, 0.1) is 25.9 Å². The summed E-state index contributed by atoms with van der Waals surface area (Å²) in [6, 6.07) is 3.95. The quantitative estimate of drug-likeness (QED) is 0.782. The first-order chi connectivity index (χ1) is 12.1. The average molecular weight is 347 g/mol. The van der Waals surface area contributed by atoms with Crippen molar-refractivity contribution in [1.29, 1.82) is 0 Å². The minimum atomic E-state index is -0.0779. The number of hydrogen-bond acceptors (Lipinski definition) is 5. The summed E-state index contributed by atoms with van der Waals surface area (Å²) in [5.74, 6) is 0.197. The second kappa shape index (κ2) is 8.25. The van der Waals surface area contributed by atoms with Crippen LogP contribution < -0.4 is 0 Å². The lowest BCUT2D eigenvalue weighted by molar-refractivity contribution is -0.166. The van der Waals surface area contributed by atoms with Crippen LogP contribution in [-0.4, -0.2) is 73.7 Å². The zero-order valence-corrected chi connectivity index (χ0v) is 15.3. The van der Waals surface area contributed by atoms with E-state index in [0.717, 1.165) is 44.5 Å². The van der Waals surface area contributed by atoms with Crippen LogP contribution in [0.5, 0.6) is 0 Å². The number of carbonyl (C=O) groups excluding carboxylic acids is 1. The molecule has 2 fully saturated rings. The first-order valence-electron chi connectivity index (χ1n) is 9.10. The number of hydrogen-bond donors (Lipinski definition) is 0. The summed E-state index contributed by atoms with van der Waals surface area (Å²) < 4.78 is 12.1. The Labute approximate surface area is 150 Å². The van der Waals surface area contributed by atoms with E-state index in [1.54, 1.807) is 12.4 Å². The molecule has 0 spiro atoms. The number of nitrogens with zero attached hydrogens (tertiary/aromatic N) is 3. The highest BCUT2D eigenvalue weighted by Crippen LogP contribution is 2.40. The van der Waals surface area contributed by atoms with E-state index < -0.39 is 0 Å². The Morgan fingerprint density at radius 2 is 2.24 bits per heavy atom. The van der Waals surface area contributed by atoms with Gasteiger partial charge in [-0.3, -0.25) is 9.78 Å². The van der Waals surface area contributed by atoms with Gasteiger partial charge < -0.3 is 19.3 Å². The molecule has 6 heteroatoms. The maximum Gasteiger partial charge on any atom is 0.236 e. The standard InChI is InChI=1S/C19H29N3O3/c1-21(2)12-18(23)22-10-6-17-19(14-22,7-3-11-25-17)15-24-13-16-4-8-20-9-5-16/h4-5,8-9,17H,3,6-7,10-15H2,1-2H3/t17-,19+/m0/s1. The van der Waals surface area contributed by atoms with Gasteiger partial charge in [0.2, 0.25) is 5.91 Å². The summed E-state index contributed by atoms with van der Waals surface area (Å²) >= 11 is 0. The number of fused-ring (bicyclic) bond motifs is 1. The van der Waals surface area contributed by atoms with Crippen LogP contribution in [0.15, 0.2) is 24.5 Å². The summed E-state index contributed by atoms with van der Waals surface area (Å²) in [5, 5.41) is 0. The van der Waals surface area contributed by atoms with Crippen molar-refractivity contribution < 1.29 is 14.3 Å². The van der Waals surface area contributed by atoms with E-state index in [-0.39, 0.29) is 17.4 Å². The van der Waals surface area contributed by atoms with E-state index in [2.05, 4.69) is 4.98 Å². The molecule has 0 aromatic carbocycles. The molecular weight excluding hydrogens is 318 g/mol. The highest BCUT2D eigenvalue weighted by Gasteiger charge is 2.47. The van der Waals surface area contributed by atoms with Gasteiger partial charge in [-0.25, -0.2) is 0 Å². The fourth-order valence-electron chi connectivity index (χ4n) is 3.94. The van der Waals surface area contributed by atoms with Crippen molar-refractivity contribution in [2.45, 2.75) is 32.0 Å². The number of rotatable bonds is 6. The van der Waals surface area contributed by atoms with Crippen LogP contribution in [0.1, 0.15) is 24.8 Å². The molecule has 3 heterocycles. The van der Waals surface area contributed by atoms with Crippen molar-refractivity contribution in [2.75, 3.05) is 46.9 Å². The lowest BCUT2D eigenvalue weighted by Gasteiger charge is -2.50. The molecule has 1 aromatic rings. The number of piperidine rings is 1. The predicted octanol–water partition coefficient (Wildman–Crippen LogP) is 1.56. The summed E-state index contributed by atoms with van der Waals surface area (Å²) in [6.07, 6.45) is 6.75. The van der Waals surface area contributed by atoms with Gasteiger partial charge in [-0.2, -0.15) is 0 Å². The number of aromatic nitrogens is 1. The van der Waals surface area contributed by atoms with Crippen molar-refractivity contribution in [2.24, 2.45) is 5.41 Å². The normalized spacial score (nSPS) is 26.5. The molecule has 25 heavy (non-hydrogen) atoms. The van der Waals surface area contributed by atoms with E-state index in [9.17, 15) is 4.79 Å². The molecule has 1 amide bonds. The van der Waals surface area contributed by atoms with Gasteiger partial charge in [-0.05, 0) is 51.1 Å². The molecule has 138 valence electrons. The minimum Gasteiger partial charge on any atom is -0.377 e. The molecular formula is C19H29N3O3. The van der Waals surface area contributed by atoms with E-state index in [0.29, 0.717) is 19.8 Å². The molecule has 2 saturated heterocycles. The number of amides is 1. The van der Waals surface area contributed by atoms with Gasteiger partial charge in [0.1, 0.15) is 0 Å². The summed E-state index contributed by atoms with van der Waals surface area (Å²) in [5.41, 5.74) is 1.04. The van der Waals surface area contributed by atoms with Gasteiger partial charge in [0, 0.05) is 37.5 Å². The Hall–Kier alpha value is -1.50. The third-order valence-corrected chi connectivity index (χ3v) is 5.20. The SMILES string of the molecule is CN(C)CC(=O)N1CC[C@@H]2OCCC[C@]2(COCc2ccncc2)C1. The molecule has 0 N–H and O–H groups in total. The van der Waals surface area contributed by atoms with Crippen molar-refractivity contribution in [3.63, 3.8) is 0 Å². The van der Waals surface area contributed by atoms with Crippen molar-refractivity contribution in [1.82, 2.24) is 14.8 Å². The molecule has 0 unspecified atom stereocenters. The van der Waals surface area contributed by atoms with Crippen molar-refractivity contribution in [3.05, 3.63) is 30.1 Å². The third-order valence-electron chi connectivity index (χ3n) is 5.20. The van der Waals surface area contributed by atoms with Crippen LogP contribution in [-0.2, 0) is 20.9 Å². The summed E-state index contributed by atoms with van der Waals surface area (Å²) in [4.78, 5) is 20.5. The van der Waals surface area contributed by atoms with Gasteiger partial charge in [-0.1, -0.05) is 0 Å². The molecule has 2 aliphatic rings. The average Bonchev–Trinajstić information content (AvgIpc) is 2.61. The van der Waals surface area contributed by atoms with Crippen molar-refractivity contribution >= 4 is 5.91 Å². The topological polar surface area (TPSA) is 54.9 Å². The number of pyridine rings is 1. The predicted molar refractivity (Wildman–Crippen MR) is 95.1 cm³/mol. The van der Waals surface area contributed by atoms with Gasteiger partial charge in [0.25, 0.3) is 0 Å². The maximum atomic E-state index is 12.5. The van der Waals surface area contributed by atoms with Crippen LogP contribution in [0.4, 0.5) is 0 Å². The Bertz CT molecular complexity index is 566. The van der Waals surface area contributed by atoms with E-state index in [1.165, 1.54) is 0 Å². The third kappa shape index (κ3) is 4.57. The fraction of sp³-hybridized carbons (Fsp3) is 0.684. The monoisotopic (exact) mass is 347 g/mol. The Balaban J connectivity index is 1.63. The first-order valence-corrected chi connectivity index (χ1v) is 9.10. The Morgan fingerprint density at radius 1 is 1.44 bits per heavy atom. The Kier molecular flexibility index (Phi) is 6.04. The van der Waals surface area contributed by atoms with Crippen molar-refractivity contribution in [3.8, 4) is 0 Å². The Morgan fingerprint density at radius 3 is 3.00 bits per heavy atom. The van der Waals surface area contributed by atoms with E-state index in [4.69, 9.17) is 9.47 Å². The lowest BCUT2D eigenvalue weighted by atomic mass is 9.73. The number of ether oxygens (including phenoxy) is 2.